The van der Waals surface area contributed by atoms with Crippen molar-refractivity contribution in [1.82, 2.24) is 4.98 Å². The van der Waals surface area contributed by atoms with E-state index >= 15 is 0 Å². The molecule has 1 saturated carbocycles. The molecule has 0 bridgehead atoms. The molecule has 21 heavy (non-hydrogen) atoms. The van der Waals surface area contributed by atoms with Crippen molar-refractivity contribution >= 4 is 22.5 Å². The second-order valence-electron chi connectivity index (χ2n) is 6.23. The summed E-state index contributed by atoms with van der Waals surface area (Å²) >= 11 is 0. The van der Waals surface area contributed by atoms with E-state index in [2.05, 4.69) is 17.1 Å². The maximum Gasteiger partial charge on any atom is 0.232 e. The number of pyridine rings is 1. The fraction of sp³-hybridized carbons (Fsp3) is 0.444. The number of carbonyl (C=O) groups excluding carboxylic acids is 1. The molecule has 0 N–H and O–H groups in total. The number of hydrogen-bond donors (Lipinski definition) is 0. The molecule has 2 aliphatic rings. The van der Waals surface area contributed by atoms with Crippen LogP contribution in [0.4, 0.5) is 5.69 Å². The van der Waals surface area contributed by atoms with E-state index in [9.17, 15) is 4.79 Å². The van der Waals surface area contributed by atoms with Gasteiger partial charge >= 0.3 is 0 Å². The molecule has 2 heterocycles. The molecule has 2 fully saturated rings. The normalized spacial score (nSPS) is 25.9. The van der Waals surface area contributed by atoms with Crippen molar-refractivity contribution in [2.75, 3.05) is 4.90 Å². The summed E-state index contributed by atoms with van der Waals surface area (Å²) in [4.78, 5) is 19.1. The minimum atomic E-state index is 0.254. The predicted molar refractivity (Wildman–Crippen MR) is 84.2 cm³/mol. The Hall–Kier alpha value is -1.90. The number of aromatic nitrogens is 1. The van der Waals surface area contributed by atoms with Gasteiger partial charge in [-0.15, -0.1) is 0 Å². The van der Waals surface area contributed by atoms with E-state index in [0.717, 1.165) is 29.4 Å². The first kappa shape index (κ1) is 12.8. The van der Waals surface area contributed by atoms with Gasteiger partial charge in [-0.2, -0.15) is 0 Å². The zero-order valence-corrected chi connectivity index (χ0v) is 12.2. The summed E-state index contributed by atoms with van der Waals surface area (Å²) in [7, 11) is 0. The van der Waals surface area contributed by atoms with Crippen LogP contribution in [0.15, 0.2) is 36.5 Å². The summed E-state index contributed by atoms with van der Waals surface area (Å²) in [6.07, 6.45) is 9.05. The standard InChI is InChI=1S/C18H20N2O/c21-18-14-9-3-1-2-4-10-15(14)20(18)16-11-5-7-13-8-6-12-19-17(13)16/h5-8,11-12,14-15H,1-4,9-10H2/t14-,15+/m0/s1. The van der Waals surface area contributed by atoms with E-state index in [1.165, 1.54) is 25.7 Å². The SMILES string of the molecule is O=C1[C@H]2CCCCCC[C@H]2N1c1cccc2cccnc12. The number of nitrogens with zero attached hydrogens (tertiary/aromatic N) is 2. The number of carbonyl (C=O) groups is 1. The van der Waals surface area contributed by atoms with Crippen LogP contribution in [0.3, 0.4) is 0 Å². The van der Waals surface area contributed by atoms with E-state index in [4.69, 9.17) is 0 Å². The summed E-state index contributed by atoms with van der Waals surface area (Å²) < 4.78 is 0. The van der Waals surface area contributed by atoms with Gasteiger partial charge in [-0.25, -0.2) is 0 Å². The highest BCUT2D eigenvalue weighted by Gasteiger charge is 2.47. The van der Waals surface area contributed by atoms with Gasteiger partial charge in [-0.3, -0.25) is 9.78 Å². The number of β-lactam (4-membered cyclic amide) rings is 1. The summed E-state index contributed by atoms with van der Waals surface area (Å²) in [5.74, 6) is 0.560. The molecule has 3 heteroatoms. The molecule has 1 aliphatic heterocycles. The first-order valence-corrected chi connectivity index (χ1v) is 8.03. The molecule has 108 valence electrons. The van der Waals surface area contributed by atoms with Crippen molar-refractivity contribution in [2.24, 2.45) is 5.92 Å². The Bertz CT molecular complexity index is 676. The Morgan fingerprint density at radius 2 is 1.81 bits per heavy atom. The maximum absolute atomic E-state index is 12.6. The van der Waals surface area contributed by atoms with E-state index in [1.54, 1.807) is 0 Å². The number of benzene rings is 1. The lowest BCUT2D eigenvalue weighted by atomic mass is 9.78. The molecule has 1 amide bonds. The number of para-hydroxylation sites is 1. The van der Waals surface area contributed by atoms with Crippen molar-refractivity contribution in [3.63, 3.8) is 0 Å². The third-order valence-electron chi connectivity index (χ3n) is 4.99. The Morgan fingerprint density at radius 3 is 2.71 bits per heavy atom. The Morgan fingerprint density at radius 1 is 1.00 bits per heavy atom. The summed E-state index contributed by atoms with van der Waals surface area (Å²) in [6.45, 7) is 0. The van der Waals surface area contributed by atoms with E-state index in [1.807, 2.05) is 29.3 Å². The minimum absolute atomic E-state index is 0.254. The average molecular weight is 280 g/mol. The first-order chi connectivity index (χ1) is 10.4. The molecule has 4 rings (SSSR count). The fourth-order valence-corrected chi connectivity index (χ4v) is 3.90. The van der Waals surface area contributed by atoms with Crippen LogP contribution in [0, 0.1) is 5.92 Å². The molecule has 2 atom stereocenters. The lowest BCUT2D eigenvalue weighted by Gasteiger charge is -2.48. The summed E-state index contributed by atoms with van der Waals surface area (Å²) in [5, 5.41) is 1.11. The second kappa shape index (κ2) is 5.14. The molecule has 0 spiro atoms. The quantitative estimate of drug-likeness (QED) is 0.742. The van der Waals surface area contributed by atoms with Crippen molar-refractivity contribution in [3.05, 3.63) is 36.5 Å². The van der Waals surface area contributed by atoms with Crippen LogP contribution in [0.1, 0.15) is 38.5 Å². The van der Waals surface area contributed by atoms with Crippen LogP contribution < -0.4 is 4.90 Å². The number of anilines is 1. The molecule has 0 unspecified atom stereocenters. The highest BCUT2D eigenvalue weighted by Crippen LogP contribution is 2.41. The molecule has 0 radical (unpaired) electrons. The zero-order chi connectivity index (χ0) is 14.2. The van der Waals surface area contributed by atoms with Crippen LogP contribution in [0.2, 0.25) is 0 Å². The monoisotopic (exact) mass is 280 g/mol. The lowest BCUT2D eigenvalue weighted by Crippen LogP contribution is -2.61. The molecular formula is C18H20N2O. The fourth-order valence-electron chi connectivity index (χ4n) is 3.90. The molecule has 1 aromatic heterocycles. The van der Waals surface area contributed by atoms with Gasteiger partial charge < -0.3 is 4.90 Å². The maximum atomic E-state index is 12.6. The van der Waals surface area contributed by atoms with Gasteiger partial charge in [0.05, 0.1) is 17.1 Å². The average Bonchev–Trinajstić information content (AvgIpc) is 2.50. The molecule has 1 aromatic carbocycles. The van der Waals surface area contributed by atoms with Crippen LogP contribution in [0.25, 0.3) is 10.9 Å². The molecule has 2 aromatic rings. The highest BCUT2D eigenvalue weighted by atomic mass is 16.2. The van der Waals surface area contributed by atoms with E-state index in [-0.39, 0.29) is 5.92 Å². The zero-order valence-electron chi connectivity index (χ0n) is 12.2. The highest BCUT2D eigenvalue weighted by molar-refractivity contribution is 6.08. The molecule has 3 nitrogen and oxygen atoms in total. The van der Waals surface area contributed by atoms with Gasteiger partial charge in [0.15, 0.2) is 0 Å². The van der Waals surface area contributed by atoms with Crippen LogP contribution in [0.5, 0.6) is 0 Å². The van der Waals surface area contributed by atoms with Crippen LogP contribution in [-0.4, -0.2) is 16.9 Å². The number of amides is 1. The van der Waals surface area contributed by atoms with Gasteiger partial charge in [-0.05, 0) is 25.0 Å². The Labute approximate surface area is 125 Å². The summed E-state index contributed by atoms with van der Waals surface area (Å²) in [5.41, 5.74) is 1.95. The van der Waals surface area contributed by atoms with Gasteiger partial charge in [-0.1, -0.05) is 43.9 Å². The lowest BCUT2D eigenvalue weighted by molar-refractivity contribution is -0.131. The molecule has 1 saturated heterocycles. The predicted octanol–water partition coefficient (Wildman–Crippen LogP) is 3.92. The third-order valence-corrected chi connectivity index (χ3v) is 4.99. The topological polar surface area (TPSA) is 33.2 Å². The van der Waals surface area contributed by atoms with Gasteiger partial charge in [0.1, 0.15) is 0 Å². The van der Waals surface area contributed by atoms with Gasteiger partial charge in [0.2, 0.25) is 5.91 Å². The number of rotatable bonds is 1. The molecular weight excluding hydrogens is 260 g/mol. The number of fused-ring (bicyclic) bond motifs is 2. The third kappa shape index (κ3) is 2.03. The molecule has 1 aliphatic carbocycles. The minimum Gasteiger partial charge on any atom is -0.306 e. The number of hydrogen-bond acceptors (Lipinski definition) is 2. The van der Waals surface area contributed by atoms with E-state index < -0.39 is 0 Å². The van der Waals surface area contributed by atoms with Crippen molar-refractivity contribution < 1.29 is 4.79 Å². The van der Waals surface area contributed by atoms with Crippen LogP contribution >= 0.6 is 0 Å². The largest absolute Gasteiger partial charge is 0.306 e. The first-order valence-electron chi connectivity index (χ1n) is 8.03. The smallest absolute Gasteiger partial charge is 0.232 e. The van der Waals surface area contributed by atoms with Gasteiger partial charge in [0.25, 0.3) is 0 Å². The van der Waals surface area contributed by atoms with Crippen molar-refractivity contribution in [3.8, 4) is 0 Å². The van der Waals surface area contributed by atoms with Crippen molar-refractivity contribution in [2.45, 2.75) is 44.6 Å². The van der Waals surface area contributed by atoms with Crippen molar-refractivity contribution in [1.29, 1.82) is 0 Å². The van der Waals surface area contributed by atoms with E-state index in [0.29, 0.717) is 11.9 Å². The summed E-state index contributed by atoms with van der Waals surface area (Å²) in [6, 6.07) is 10.5. The Kier molecular flexibility index (Phi) is 3.13. The second-order valence-corrected chi connectivity index (χ2v) is 6.23. The van der Waals surface area contributed by atoms with Crippen LogP contribution in [-0.2, 0) is 4.79 Å². The van der Waals surface area contributed by atoms with Gasteiger partial charge in [0, 0.05) is 17.6 Å². The Balaban J connectivity index is 1.73.